The summed E-state index contributed by atoms with van der Waals surface area (Å²) in [6.07, 6.45) is 10.1. The summed E-state index contributed by atoms with van der Waals surface area (Å²) < 4.78 is 27.4. The van der Waals surface area contributed by atoms with E-state index in [1.54, 1.807) is 24.3 Å². The zero-order valence-corrected chi connectivity index (χ0v) is 13.2. The Balaban J connectivity index is 1.58. The molecule has 2 aliphatic rings. The average molecular weight is 334 g/mol. The second-order valence-corrected chi connectivity index (χ2v) is 5.45. The lowest BCUT2D eigenvalue weighted by molar-refractivity contribution is 0.0514. The van der Waals surface area contributed by atoms with Crippen LogP contribution < -0.4 is 18.9 Å². The van der Waals surface area contributed by atoms with Gasteiger partial charge in [-0.2, -0.15) is 0 Å². The molecule has 2 aromatic rings. The Morgan fingerprint density at radius 2 is 1.16 bits per heavy atom. The first-order valence-corrected chi connectivity index (χ1v) is 7.65. The Morgan fingerprint density at radius 3 is 1.60 bits per heavy atom. The van der Waals surface area contributed by atoms with Crippen molar-refractivity contribution in [2.24, 2.45) is 0 Å². The molecule has 0 amide bonds. The second kappa shape index (κ2) is 6.32. The first-order chi connectivity index (χ1) is 12.3. The summed E-state index contributed by atoms with van der Waals surface area (Å²) in [5.41, 5.74) is 1.54. The molecular weight excluding hydrogens is 320 g/mol. The van der Waals surface area contributed by atoms with E-state index in [0.717, 1.165) is 11.1 Å². The minimum atomic E-state index is -0.624. The number of benzene rings is 2. The second-order valence-electron chi connectivity index (χ2n) is 5.45. The maximum absolute atomic E-state index is 5.98. The minimum absolute atomic E-state index is 0.199. The third-order valence-electron chi connectivity index (χ3n) is 3.97. The largest absolute Gasteiger partial charge is 0.454 e. The summed E-state index contributed by atoms with van der Waals surface area (Å²) in [5, 5.41) is 0. The van der Waals surface area contributed by atoms with Gasteiger partial charge >= 0.3 is 0 Å². The number of ether oxygens (including phenoxy) is 5. The van der Waals surface area contributed by atoms with Gasteiger partial charge in [0.15, 0.2) is 23.0 Å². The van der Waals surface area contributed by atoms with E-state index in [1.165, 1.54) is 0 Å². The Labute approximate surface area is 145 Å². The van der Waals surface area contributed by atoms with Crippen LogP contribution in [0.4, 0.5) is 0 Å². The van der Waals surface area contributed by atoms with Gasteiger partial charge in [0.2, 0.25) is 13.6 Å². The molecule has 2 atom stereocenters. The van der Waals surface area contributed by atoms with E-state index in [0.29, 0.717) is 23.0 Å². The molecule has 0 fully saturated rings. The molecule has 5 nitrogen and oxygen atoms in total. The quantitative estimate of drug-likeness (QED) is 0.804. The highest BCUT2D eigenvalue weighted by Crippen LogP contribution is 2.38. The third kappa shape index (κ3) is 2.82. The molecule has 2 unspecified atom stereocenters. The van der Waals surface area contributed by atoms with E-state index in [1.807, 2.05) is 12.1 Å². The topological polar surface area (TPSA) is 46.2 Å². The van der Waals surface area contributed by atoms with Gasteiger partial charge in [0, 0.05) is 0 Å². The molecule has 2 aromatic carbocycles. The lowest BCUT2D eigenvalue weighted by atomic mass is 10.1. The lowest BCUT2D eigenvalue weighted by Crippen LogP contribution is -2.08. The molecule has 124 valence electrons. The summed E-state index contributed by atoms with van der Waals surface area (Å²) >= 11 is 0. The molecule has 2 aliphatic heterocycles. The van der Waals surface area contributed by atoms with Crippen molar-refractivity contribution in [3.8, 4) is 47.7 Å². The minimum Gasteiger partial charge on any atom is -0.454 e. The predicted octanol–water partition coefficient (Wildman–Crippen LogP) is 3.21. The Morgan fingerprint density at radius 1 is 0.720 bits per heavy atom. The van der Waals surface area contributed by atoms with Gasteiger partial charge < -0.3 is 23.7 Å². The van der Waals surface area contributed by atoms with Crippen molar-refractivity contribution < 1.29 is 23.7 Å². The highest BCUT2D eigenvalue weighted by Gasteiger charge is 2.22. The summed E-state index contributed by atoms with van der Waals surface area (Å²) in [6.45, 7) is 0.398. The van der Waals surface area contributed by atoms with Gasteiger partial charge in [-0.3, -0.25) is 0 Å². The van der Waals surface area contributed by atoms with Crippen LogP contribution in [0.15, 0.2) is 36.4 Å². The monoisotopic (exact) mass is 334 g/mol. The van der Waals surface area contributed by atoms with E-state index in [4.69, 9.17) is 36.5 Å². The first kappa shape index (κ1) is 15.3. The number of hydrogen-bond donors (Lipinski definition) is 0. The summed E-state index contributed by atoms with van der Waals surface area (Å²) in [5.74, 6) is 7.90. The SMILES string of the molecule is C#CC(OC(C#C)c1ccc2c(c1)OCO2)c1ccc2c(c1)OCO2. The van der Waals surface area contributed by atoms with E-state index in [9.17, 15) is 0 Å². The van der Waals surface area contributed by atoms with Crippen molar-refractivity contribution in [2.75, 3.05) is 13.6 Å². The molecule has 4 rings (SSSR count). The van der Waals surface area contributed by atoms with Crippen LogP contribution in [0, 0.1) is 24.7 Å². The predicted molar refractivity (Wildman–Crippen MR) is 89.4 cm³/mol. The van der Waals surface area contributed by atoms with Crippen LogP contribution >= 0.6 is 0 Å². The van der Waals surface area contributed by atoms with Gasteiger partial charge in [0.05, 0.1) is 0 Å². The molecule has 0 spiro atoms. The first-order valence-electron chi connectivity index (χ1n) is 7.65. The maximum atomic E-state index is 5.98. The standard InChI is InChI=1S/C20H14O5/c1-3-15(13-5-7-17-19(9-13)23-11-21-17)25-16(4-2)14-6-8-18-20(10-14)24-12-22-18/h1-2,5-10,15-16H,11-12H2. The Kier molecular flexibility index (Phi) is 3.85. The molecule has 0 N–H and O–H groups in total. The van der Waals surface area contributed by atoms with E-state index >= 15 is 0 Å². The Hall–Kier alpha value is -3.28. The van der Waals surface area contributed by atoms with Crippen LogP contribution in [0.5, 0.6) is 23.0 Å². The lowest BCUT2D eigenvalue weighted by Gasteiger charge is -2.19. The number of rotatable bonds is 4. The van der Waals surface area contributed by atoms with Crippen LogP contribution in [-0.2, 0) is 4.74 Å². The van der Waals surface area contributed by atoms with Crippen molar-refractivity contribution in [1.29, 1.82) is 0 Å². The molecule has 0 aromatic heterocycles. The van der Waals surface area contributed by atoms with Crippen LogP contribution in [0.3, 0.4) is 0 Å². The molecule has 0 saturated heterocycles. The normalized spacial score (nSPS) is 15.9. The fourth-order valence-corrected chi connectivity index (χ4v) is 2.72. The van der Waals surface area contributed by atoms with Gasteiger partial charge in [-0.05, 0) is 35.4 Å². The zero-order chi connectivity index (χ0) is 17.2. The summed E-state index contributed by atoms with van der Waals surface area (Å²) in [7, 11) is 0. The average Bonchev–Trinajstić information content (AvgIpc) is 3.30. The highest BCUT2D eigenvalue weighted by molar-refractivity contribution is 5.47. The van der Waals surface area contributed by atoms with Gasteiger partial charge in [-0.15, -0.1) is 12.8 Å². The fraction of sp³-hybridized carbons (Fsp3) is 0.200. The van der Waals surface area contributed by atoms with Gasteiger partial charge in [0.1, 0.15) is 12.2 Å². The molecule has 0 saturated carbocycles. The number of fused-ring (bicyclic) bond motifs is 2. The molecule has 0 radical (unpaired) electrons. The van der Waals surface area contributed by atoms with Crippen molar-refractivity contribution in [2.45, 2.75) is 12.2 Å². The Bertz CT molecular complexity index is 816. The molecular formula is C20H14O5. The van der Waals surface area contributed by atoms with Crippen LogP contribution in [0.1, 0.15) is 23.3 Å². The van der Waals surface area contributed by atoms with E-state index < -0.39 is 12.2 Å². The molecule has 5 heteroatoms. The van der Waals surface area contributed by atoms with Crippen molar-refractivity contribution in [3.05, 3.63) is 47.5 Å². The van der Waals surface area contributed by atoms with Crippen molar-refractivity contribution in [3.63, 3.8) is 0 Å². The molecule has 2 heterocycles. The van der Waals surface area contributed by atoms with E-state index in [-0.39, 0.29) is 13.6 Å². The third-order valence-corrected chi connectivity index (χ3v) is 3.97. The molecule has 25 heavy (non-hydrogen) atoms. The number of hydrogen-bond acceptors (Lipinski definition) is 5. The highest BCUT2D eigenvalue weighted by atomic mass is 16.7. The van der Waals surface area contributed by atoms with Gasteiger partial charge in [-0.25, -0.2) is 0 Å². The van der Waals surface area contributed by atoms with Gasteiger partial charge in [-0.1, -0.05) is 24.0 Å². The van der Waals surface area contributed by atoms with Crippen LogP contribution in [0.25, 0.3) is 0 Å². The van der Waals surface area contributed by atoms with Crippen LogP contribution in [0.2, 0.25) is 0 Å². The summed E-state index contributed by atoms with van der Waals surface area (Å²) in [6, 6.07) is 10.9. The molecule has 0 bridgehead atoms. The number of terminal acetylenes is 2. The maximum Gasteiger partial charge on any atom is 0.231 e. The van der Waals surface area contributed by atoms with Crippen LogP contribution in [-0.4, -0.2) is 13.6 Å². The van der Waals surface area contributed by atoms with E-state index in [2.05, 4.69) is 11.8 Å². The summed E-state index contributed by atoms with van der Waals surface area (Å²) in [4.78, 5) is 0. The van der Waals surface area contributed by atoms with Gasteiger partial charge in [0.25, 0.3) is 0 Å². The smallest absolute Gasteiger partial charge is 0.231 e. The van der Waals surface area contributed by atoms with Crippen molar-refractivity contribution >= 4 is 0 Å². The fourth-order valence-electron chi connectivity index (χ4n) is 2.72. The van der Waals surface area contributed by atoms with Crippen molar-refractivity contribution in [1.82, 2.24) is 0 Å². The molecule has 0 aliphatic carbocycles. The zero-order valence-electron chi connectivity index (χ0n) is 13.2.